The van der Waals surface area contributed by atoms with E-state index in [1.807, 2.05) is 7.05 Å². The first kappa shape index (κ1) is 13.3. The highest BCUT2D eigenvalue weighted by Gasteiger charge is 2.32. The second-order valence-electron chi connectivity index (χ2n) is 5.45. The van der Waals surface area contributed by atoms with Gasteiger partial charge in [-0.2, -0.15) is 0 Å². The van der Waals surface area contributed by atoms with Gasteiger partial charge >= 0.3 is 0 Å². The number of nitrogen functional groups attached to an aromatic ring is 1. The van der Waals surface area contributed by atoms with Gasteiger partial charge in [-0.05, 0) is 37.6 Å². The summed E-state index contributed by atoms with van der Waals surface area (Å²) in [6.07, 6.45) is 3.94. The highest BCUT2D eigenvalue weighted by molar-refractivity contribution is 5.46. The molecule has 0 bridgehead atoms. The molecular formula is C14H21FN2O. The first-order chi connectivity index (χ1) is 8.48. The molecule has 0 saturated heterocycles. The Bertz CT molecular complexity index is 416. The topological polar surface area (TPSA) is 49.5 Å². The van der Waals surface area contributed by atoms with Crippen LogP contribution in [-0.4, -0.2) is 29.2 Å². The largest absolute Gasteiger partial charge is 0.398 e. The van der Waals surface area contributed by atoms with E-state index < -0.39 is 5.60 Å². The summed E-state index contributed by atoms with van der Waals surface area (Å²) in [6, 6.07) is 4.47. The van der Waals surface area contributed by atoms with Crippen LogP contribution in [0.4, 0.5) is 10.1 Å². The van der Waals surface area contributed by atoms with Gasteiger partial charge in [-0.15, -0.1) is 0 Å². The molecule has 0 spiro atoms. The molecule has 1 aliphatic carbocycles. The molecule has 0 radical (unpaired) electrons. The van der Waals surface area contributed by atoms with Crippen molar-refractivity contribution in [2.75, 3.05) is 19.3 Å². The van der Waals surface area contributed by atoms with E-state index in [9.17, 15) is 9.50 Å². The predicted octanol–water partition coefficient (Wildman–Crippen LogP) is 2.14. The van der Waals surface area contributed by atoms with Gasteiger partial charge in [0.25, 0.3) is 0 Å². The number of hydrogen-bond acceptors (Lipinski definition) is 3. The SMILES string of the molecule is CN(Cc1ccc(F)cc1N)CC1(O)CCCC1. The summed E-state index contributed by atoms with van der Waals surface area (Å²) >= 11 is 0. The standard InChI is InChI=1S/C14H21FN2O/c1-17(10-14(18)6-2-3-7-14)9-11-4-5-12(15)8-13(11)16/h4-5,8,18H,2-3,6-7,9-10,16H2,1H3. The minimum atomic E-state index is -0.552. The van der Waals surface area contributed by atoms with Gasteiger partial charge in [0, 0.05) is 18.8 Å². The number of halogens is 1. The number of rotatable bonds is 4. The second-order valence-corrected chi connectivity index (χ2v) is 5.45. The number of likely N-dealkylation sites (N-methyl/N-ethyl adjacent to an activating group) is 1. The van der Waals surface area contributed by atoms with Gasteiger partial charge in [0.05, 0.1) is 5.60 Å². The van der Waals surface area contributed by atoms with Crippen molar-refractivity contribution >= 4 is 5.69 Å². The molecule has 0 heterocycles. The van der Waals surface area contributed by atoms with Crippen molar-refractivity contribution in [1.82, 2.24) is 4.90 Å². The number of anilines is 1. The van der Waals surface area contributed by atoms with Gasteiger partial charge in [0.1, 0.15) is 5.82 Å². The lowest BCUT2D eigenvalue weighted by atomic mass is 10.0. The Morgan fingerprint density at radius 2 is 2.06 bits per heavy atom. The normalized spacial score (nSPS) is 18.4. The molecule has 2 rings (SSSR count). The Balaban J connectivity index is 1.96. The fourth-order valence-corrected chi connectivity index (χ4v) is 2.75. The van der Waals surface area contributed by atoms with Crippen molar-refractivity contribution in [3.05, 3.63) is 29.6 Å². The molecule has 0 aromatic heterocycles. The third-order valence-corrected chi connectivity index (χ3v) is 3.65. The molecule has 1 aliphatic rings. The minimum Gasteiger partial charge on any atom is -0.398 e. The van der Waals surface area contributed by atoms with Crippen LogP contribution in [0.3, 0.4) is 0 Å². The van der Waals surface area contributed by atoms with Crippen LogP contribution >= 0.6 is 0 Å². The van der Waals surface area contributed by atoms with Gasteiger partial charge in [-0.3, -0.25) is 4.90 Å². The number of nitrogens with two attached hydrogens (primary N) is 1. The van der Waals surface area contributed by atoms with Crippen LogP contribution in [0.5, 0.6) is 0 Å². The van der Waals surface area contributed by atoms with Crippen molar-refractivity contribution in [2.24, 2.45) is 0 Å². The van der Waals surface area contributed by atoms with Crippen LogP contribution in [0.15, 0.2) is 18.2 Å². The lowest BCUT2D eigenvalue weighted by Crippen LogP contribution is -2.38. The van der Waals surface area contributed by atoms with Crippen LogP contribution in [0, 0.1) is 5.82 Å². The van der Waals surface area contributed by atoms with Crippen molar-refractivity contribution < 1.29 is 9.50 Å². The maximum atomic E-state index is 12.9. The van der Waals surface area contributed by atoms with E-state index in [2.05, 4.69) is 4.90 Å². The van der Waals surface area contributed by atoms with Crippen molar-refractivity contribution in [3.63, 3.8) is 0 Å². The van der Waals surface area contributed by atoms with Crippen LogP contribution in [0.25, 0.3) is 0 Å². The van der Waals surface area contributed by atoms with E-state index in [1.54, 1.807) is 6.07 Å². The molecule has 18 heavy (non-hydrogen) atoms. The van der Waals surface area contributed by atoms with Crippen LogP contribution in [0.2, 0.25) is 0 Å². The molecule has 100 valence electrons. The van der Waals surface area contributed by atoms with Gasteiger partial charge in [0.15, 0.2) is 0 Å². The zero-order valence-corrected chi connectivity index (χ0v) is 10.8. The Hall–Kier alpha value is -1.13. The van der Waals surface area contributed by atoms with Crippen LogP contribution in [-0.2, 0) is 6.54 Å². The average Bonchev–Trinajstić information content (AvgIpc) is 2.69. The molecule has 3 N–H and O–H groups in total. The Morgan fingerprint density at radius 1 is 1.39 bits per heavy atom. The third-order valence-electron chi connectivity index (χ3n) is 3.65. The zero-order chi connectivity index (χ0) is 13.2. The predicted molar refractivity (Wildman–Crippen MR) is 70.6 cm³/mol. The molecule has 0 amide bonds. The molecule has 1 aromatic rings. The van der Waals surface area contributed by atoms with Gasteiger partial charge in [0.2, 0.25) is 0 Å². The lowest BCUT2D eigenvalue weighted by Gasteiger charge is -2.28. The first-order valence-electron chi connectivity index (χ1n) is 6.43. The highest BCUT2D eigenvalue weighted by atomic mass is 19.1. The zero-order valence-electron chi connectivity index (χ0n) is 10.8. The first-order valence-corrected chi connectivity index (χ1v) is 6.43. The Morgan fingerprint density at radius 3 is 2.67 bits per heavy atom. The molecule has 1 fully saturated rings. The molecular weight excluding hydrogens is 231 g/mol. The van der Waals surface area contributed by atoms with E-state index in [4.69, 9.17) is 5.73 Å². The minimum absolute atomic E-state index is 0.312. The third kappa shape index (κ3) is 3.21. The molecule has 1 saturated carbocycles. The fraction of sp³-hybridized carbons (Fsp3) is 0.571. The quantitative estimate of drug-likeness (QED) is 0.807. The summed E-state index contributed by atoms with van der Waals surface area (Å²) in [5.74, 6) is -0.312. The van der Waals surface area contributed by atoms with E-state index in [0.717, 1.165) is 31.2 Å². The number of nitrogens with zero attached hydrogens (tertiary/aromatic N) is 1. The number of hydrogen-bond donors (Lipinski definition) is 2. The van der Waals surface area contributed by atoms with Gasteiger partial charge in [-0.1, -0.05) is 18.9 Å². The highest BCUT2D eigenvalue weighted by Crippen LogP contribution is 2.30. The maximum absolute atomic E-state index is 12.9. The fourth-order valence-electron chi connectivity index (χ4n) is 2.75. The summed E-state index contributed by atoms with van der Waals surface area (Å²) in [6.45, 7) is 1.28. The lowest BCUT2D eigenvalue weighted by molar-refractivity contribution is 0.0146. The average molecular weight is 252 g/mol. The molecule has 0 aliphatic heterocycles. The molecule has 3 nitrogen and oxygen atoms in total. The molecule has 1 aromatic carbocycles. The van der Waals surface area contributed by atoms with Gasteiger partial charge < -0.3 is 10.8 Å². The monoisotopic (exact) mass is 252 g/mol. The van der Waals surface area contributed by atoms with Crippen molar-refractivity contribution in [1.29, 1.82) is 0 Å². The smallest absolute Gasteiger partial charge is 0.125 e. The summed E-state index contributed by atoms with van der Waals surface area (Å²) in [5.41, 5.74) is 6.61. The van der Waals surface area contributed by atoms with Crippen molar-refractivity contribution in [3.8, 4) is 0 Å². The number of benzene rings is 1. The van der Waals surface area contributed by atoms with Crippen LogP contribution in [0.1, 0.15) is 31.2 Å². The molecule has 4 heteroatoms. The van der Waals surface area contributed by atoms with Crippen LogP contribution < -0.4 is 5.73 Å². The van der Waals surface area contributed by atoms with Crippen molar-refractivity contribution in [2.45, 2.75) is 37.8 Å². The maximum Gasteiger partial charge on any atom is 0.125 e. The van der Waals surface area contributed by atoms with E-state index in [1.165, 1.54) is 12.1 Å². The van der Waals surface area contributed by atoms with E-state index in [0.29, 0.717) is 18.8 Å². The summed E-state index contributed by atoms with van der Waals surface area (Å²) in [5, 5.41) is 10.3. The molecule has 0 atom stereocenters. The van der Waals surface area contributed by atoms with E-state index in [-0.39, 0.29) is 5.82 Å². The summed E-state index contributed by atoms with van der Waals surface area (Å²) < 4.78 is 12.9. The summed E-state index contributed by atoms with van der Waals surface area (Å²) in [4.78, 5) is 2.05. The molecule has 0 unspecified atom stereocenters. The van der Waals surface area contributed by atoms with Gasteiger partial charge in [-0.25, -0.2) is 4.39 Å². The summed E-state index contributed by atoms with van der Waals surface area (Å²) in [7, 11) is 1.96. The Kier molecular flexibility index (Phi) is 3.88. The Labute approximate surface area is 107 Å². The van der Waals surface area contributed by atoms with E-state index >= 15 is 0 Å². The second kappa shape index (κ2) is 5.24. The number of aliphatic hydroxyl groups is 1.